The van der Waals surface area contributed by atoms with Crippen LogP contribution in [0.4, 0.5) is 0 Å². The molecule has 0 spiro atoms. The molecule has 1 rings (SSSR count). The van der Waals surface area contributed by atoms with Crippen molar-refractivity contribution in [3.63, 3.8) is 0 Å². The highest BCUT2D eigenvalue weighted by Crippen LogP contribution is 2.23. The summed E-state index contributed by atoms with van der Waals surface area (Å²) in [5, 5.41) is 11.9. The summed E-state index contributed by atoms with van der Waals surface area (Å²) in [4.78, 5) is 0. The molecule has 0 aliphatic carbocycles. The lowest BCUT2D eigenvalue weighted by Gasteiger charge is -2.34. The molecule has 1 fully saturated rings. The second kappa shape index (κ2) is 3.88. The van der Waals surface area contributed by atoms with Crippen LogP contribution in [0.3, 0.4) is 0 Å². The lowest BCUT2D eigenvalue weighted by molar-refractivity contribution is -0.0713. The molecule has 0 aromatic heterocycles. The predicted octanol–water partition coefficient (Wildman–Crippen LogP) is 1.06. The van der Waals surface area contributed by atoms with Gasteiger partial charge in [-0.25, -0.2) is 0 Å². The summed E-state index contributed by atoms with van der Waals surface area (Å²) in [6, 6.07) is 2.09. The van der Waals surface area contributed by atoms with Gasteiger partial charge in [0.2, 0.25) is 0 Å². The van der Waals surface area contributed by atoms with Gasteiger partial charge in [-0.05, 0) is 39.8 Å². The van der Waals surface area contributed by atoms with Crippen LogP contribution in [0.1, 0.15) is 26.7 Å². The van der Waals surface area contributed by atoms with Crippen LogP contribution in [0, 0.1) is 11.3 Å². The van der Waals surface area contributed by atoms with E-state index in [4.69, 9.17) is 10.00 Å². The highest BCUT2D eigenvalue weighted by molar-refractivity contribution is 4.88. The van der Waals surface area contributed by atoms with Gasteiger partial charge in [0.15, 0.2) is 0 Å². The van der Waals surface area contributed by atoms with Gasteiger partial charge in [-0.15, -0.1) is 0 Å². The number of piperidine rings is 1. The van der Waals surface area contributed by atoms with Crippen LogP contribution >= 0.6 is 0 Å². The van der Waals surface area contributed by atoms with E-state index in [-0.39, 0.29) is 11.7 Å². The summed E-state index contributed by atoms with van der Waals surface area (Å²) in [5.41, 5.74) is -0.0829. The number of hydrogen-bond donors (Lipinski definition) is 1. The van der Waals surface area contributed by atoms with Crippen LogP contribution in [0.2, 0.25) is 0 Å². The average Bonchev–Trinajstić information content (AvgIpc) is 2.05. The quantitative estimate of drug-likeness (QED) is 0.670. The van der Waals surface area contributed by atoms with E-state index < -0.39 is 0 Å². The number of nitrogens with one attached hydrogen (secondary N) is 1. The lowest BCUT2D eigenvalue weighted by atomic mass is 9.94. The van der Waals surface area contributed by atoms with Gasteiger partial charge in [0.1, 0.15) is 6.10 Å². The molecule has 1 heterocycles. The van der Waals surface area contributed by atoms with Crippen LogP contribution in [-0.4, -0.2) is 24.8 Å². The molecule has 0 aromatic carbocycles. The topological polar surface area (TPSA) is 45.0 Å². The molecule has 1 saturated heterocycles. The fourth-order valence-corrected chi connectivity index (χ4v) is 1.53. The van der Waals surface area contributed by atoms with Gasteiger partial charge in [0, 0.05) is 0 Å². The van der Waals surface area contributed by atoms with Crippen molar-refractivity contribution in [2.45, 2.75) is 38.4 Å². The Morgan fingerprint density at radius 3 is 2.58 bits per heavy atom. The number of hydrogen-bond acceptors (Lipinski definition) is 3. The van der Waals surface area contributed by atoms with Crippen molar-refractivity contribution in [2.75, 3.05) is 13.1 Å². The molecular weight excluding hydrogens is 152 g/mol. The molecule has 0 bridgehead atoms. The van der Waals surface area contributed by atoms with E-state index in [2.05, 4.69) is 18.3 Å². The molecule has 1 N–H and O–H groups in total. The normalized spacial score (nSPS) is 24.4. The van der Waals surface area contributed by atoms with Crippen LogP contribution in [0.15, 0.2) is 0 Å². The number of rotatable bonds is 2. The first-order valence-corrected chi connectivity index (χ1v) is 4.44. The number of nitriles is 1. The van der Waals surface area contributed by atoms with Crippen LogP contribution < -0.4 is 5.32 Å². The zero-order valence-electron chi connectivity index (χ0n) is 7.76. The summed E-state index contributed by atoms with van der Waals surface area (Å²) in [6.45, 7) is 5.87. The predicted molar refractivity (Wildman–Crippen MR) is 46.7 cm³/mol. The second-order valence-electron chi connectivity index (χ2n) is 3.59. The Bertz CT molecular complexity index is 179. The van der Waals surface area contributed by atoms with Crippen molar-refractivity contribution >= 4 is 0 Å². The van der Waals surface area contributed by atoms with Crippen molar-refractivity contribution in [3.8, 4) is 6.07 Å². The maximum atomic E-state index is 8.59. The highest BCUT2D eigenvalue weighted by Gasteiger charge is 2.29. The Labute approximate surface area is 73.7 Å². The third kappa shape index (κ3) is 2.47. The molecular formula is C9H16N2O. The van der Waals surface area contributed by atoms with Gasteiger partial charge >= 0.3 is 0 Å². The minimum Gasteiger partial charge on any atom is -0.357 e. The Morgan fingerprint density at radius 1 is 1.50 bits per heavy atom. The largest absolute Gasteiger partial charge is 0.357 e. The first kappa shape index (κ1) is 9.50. The van der Waals surface area contributed by atoms with Gasteiger partial charge in [-0.3, -0.25) is 0 Å². The summed E-state index contributed by atoms with van der Waals surface area (Å²) in [5.74, 6) is 0. The average molecular weight is 168 g/mol. The smallest absolute Gasteiger partial charge is 0.141 e. The van der Waals surface area contributed by atoms with E-state index in [0.29, 0.717) is 0 Å². The maximum absolute atomic E-state index is 8.59. The van der Waals surface area contributed by atoms with Crippen molar-refractivity contribution in [1.82, 2.24) is 5.32 Å². The summed E-state index contributed by atoms with van der Waals surface area (Å²) < 4.78 is 5.63. The molecule has 68 valence electrons. The van der Waals surface area contributed by atoms with Crippen molar-refractivity contribution in [2.24, 2.45) is 0 Å². The van der Waals surface area contributed by atoms with Crippen molar-refractivity contribution in [3.05, 3.63) is 0 Å². The van der Waals surface area contributed by atoms with Crippen molar-refractivity contribution < 1.29 is 4.74 Å². The van der Waals surface area contributed by atoms with E-state index in [1.807, 2.05) is 0 Å². The summed E-state index contributed by atoms with van der Waals surface area (Å²) in [6.07, 6.45) is 1.71. The fourth-order valence-electron chi connectivity index (χ4n) is 1.53. The first-order chi connectivity index (χ1) is 5.66. The van der Waals surface area contributed by atoms with Crippen LogP contribution in [0.5, 0.6) is 0 Å². The number of ether oxygens (including phenoxy) is 1. The zero-order valence-corrected chi connectivity index (χ0v) is 7.76. The standard InChI is InChI=1S/C9H16N2O/c1-8(7-10)12-9(2)3-5-11-6-4-9/h8,11H,3-6H2,1-2H3. The van der Waals surface area contributed by atoms with E-state index in [1.165, 1.54) is 0 Å². The summed E-state index contributed by atoms with van der Waals surface area (Å²) >= 11 is 0. The van der Waals surface area contributed by atoms with E-state index in [9.17, 15) is 0 Å². The Hall–Kier alpha value is -0.590. The summed E-state index contributed by atoms with van der Waals surface area (Å²) in [7, 11) is 0. The zero-order chi connectivity index (χ0) is 9.03. The lowest BCUT2D eigenvalue weighted by Crippen LogP contribution is -2.43. The third-order valence-corrected chi connectivity index (χ3v) is 2.30. The van der Waals surface area contributed by atoms with E-state index in [1.54, 1.807) is 6.92 Å². The minimum absolute atomic E-state index is 0.0829. The Kier molecular flexibility index (Phi) is 3.07. The Morgan fingerprint density at radius 2 is 2.08 bits per heavy atom. The van der Waals surface area contributed by atoms with Crippen molar-refractivity contribution in [1.29, 1.82) is 5.26 Å². The molecule has 1 aliphatic rings. The highest BCUT2D eigenvalue weighted by atomic mass is 16.5. The maximum Gasteiger partial charge on any atom is 0.141 e. The third-order valence-electron chi connectivity index (χ3n) is 2.30. The van der Waals surface area contributed by atoms with Gasteiger partial charge in [-0.2, -0.15) is 5.26 Å². The second-order valence-corrected chi connectivity index (χ2v) is 3.59. The van der Waals surface area contributed by atoms with Gasteiger partial charge in [0.25, 0.3) is 0 Å². The van der Waals surface area contributed by atoms with Gasteiger partial charge in [0.05, 0.1) is 11.7 Å². The molecule has 1 atom stereocenters. The SMILES string of the molecule is CC(C#N)OC1(C)CCNCC1. The van der Waals surface area contributed by atoms with Gasteiger partial charge < -0.3 is 10.1 Å². The molecule has 0 aromatic rings. The van der Waals surface area contributed by atoms with Crippen LogP contribution in [0.25, 0.3) is 0 Å². The molecule has 12 heavy (non-hydrogen) atoms. The molecule has 3 nitrogen and oxygen atoms in total. The molecule has 0 amide bonds. The van der Waals surface area contributed by atoms with E-state index >= 15 is 0 Å². The monoisotopic (exact) mass is 168 g/mol. The number of nitrogens with zero attached hydrogens (tertiary/aromatic N) is 1. The fraction of sp³-hybridized carbons (Fsp3) is 0.889. The first-order valence-electron chi connectivity index (χ1n) is 4.44. The molecule has 0 radical (unpaired) electrons. The molecule has 1 unspecified atom stereocenters. The molecule has 3 heteroatoms. The van der Waals surface area contributed by atoms with Gasteiger partial charge in [-0.1, -0.05) is 0 Å². The van der Waals surface area contributed by atoms with Crippen LogP contribution in [-0.2, 0) is 4.74 Å². The molecule has 0 saturated carbocycles. The minimum atomic E-state index is -0.284. The van der Waals surface area contributed by atoms with E-state index in [0.717, 1.165) is 25.9 Å². The Balaban J connectivity index is 2.42. The molecule has 1 aliphatic heterocycles.